The largest absolute Gasteiger partial charge is 0.358 e. The van der Waals surface area contributed by atoms with Crippen LogP contribution in [0.5, 0.6) is 0 Å². The Morgan fingerprint density at radius 2 is 1.92 bits per heavy atom. The Morgan fingerprint density at radius 3 is 2.44 bits per heavy atom. The molecule has 0 spiro atoms. The molecule has 1 atom stereocenters. The normalized spacial score (nSPS) is 12.2. The van der Waals surface area contributed by atoms with Crippen molar-refractivity contribution in [3.63, 3.8) is 0 Å². The zero-order valence-corrected chi connectivity index (χ0v) is 15.2. The van der Waals surface area contributed by atoms with E-state index >= 15 is 0 Å². The van der Waals surface area contributed by atoms with Crippen LogP contribution in [0.3, 0.4) is 0 Å². The Bertz CT molecular complexity index is 756. The average Bonchev–Trinajstić information content (AvgIpc) is 2.93. The minimum Gasteiger partial charge on any atom is -0.358 e. The van der Waals surface area contributed by atoms with E-state index in [1.54, 1.807) is 0 Å². The first-order chi connectivity index (χ1) is 11.8. The highest BCUT2D eigenvalue weighted by Gasteiger charge is 2.22. The molecular weight excluding hydrogens is 344 g/mol. The fraction of sp³-hybridized carbons (Fsp3) is 0.353. The molecule has 1 amide bonds. The SMILES string of the molecule is CN(C)C[C@@H](CNC(=O)c1ccc([N+](=O)[O-])n1C)c1ccc(Cl)cc1. The second-order valence-electron chi connectivity index (χ2n) is 6.11. The summed E-state index contributed by atoms with van der Waals surface area (Å²) < 4.78 is 1.28. The van der Waals surface area contributed by atoms with Crippen molar-refractivity contribution < 1.29 is 9.72 Å². The minimum absolute atomic E-state index is 0.0754. The number of benzene rings is 1. The van der Waals surface area contributed by atoms with Crippen molar-refractivity contribution in [2.45, 2.75) is 5.92 Å². The molecule has 7 nitrogen and oxygen atoms in total. The van der Waals surface area contributed by atoms with Gasteiger partial charge in [0.15, 0.2) is 5.69 Å². The number of nitro groups is 1. The van der Waals surface area contributed by atoms with Crippen molar-refractivity contribution in [3.05, 3.63) is 62.8 Å². The van der Waals surface area contributed by atoms with E-state index in [0.29, 0.717) is 11.6 Å². The lowest BCUT2D eigenvalue weighted by atomic mass is 9.98. The van der Waals surface area contributed by atoms with Gasteiger partial charge in [0.05, 0.1) is 7.05 Å². The zero-order chi connectivity index (χ0) is 18.6. The van der Waals surface area contributed by atoms with Crippen LogP contribution in [0, 0.1) is 10.1 Å². The number of hydrogen-bond donors (Lipinski definition) is 1. The van der Waals surface area contributed by atoms with Gasteiger partial charge in [-0.15, -0.1) is 0 Å². The molecule has 0 radical (unpaired) electrons. The van der Waals surface area contributed by atoms with Crippen molar-refractivity contribution in [2.24, 2.45) is 7.05 Å². The van der Waals surface area contributed by atoms with E-state index in [-0.39, 0.29) is 23.3 Å². The summed E-state index contributed by atoms with van der Waals surface area (Å²) in [7, 11) is 5.43. The Kier molecular flexibility index (Phi) is 6.17. The Balaban J connectivity index is 2.10. The number of carbonyl (C=O) groups excluding carboxylic acids is 1. The van der Waals surface area contributed by atoms with Gasteiger partial charge >= 0.3 is 5.82 Å². The Morgan fingerprint density at radius 1 is 1.28 bits per heavy atom. The molecule has 25 heavy (non-hydrogen) atoms. The van der Waals surface area contributed by atoms with Crippen molar-refractivity contribution in [3.8, 4) is 0 Å². The van der Waals surface area contributed by atoms with Gasteiger partial charge in [-0.2, -0.15) is 0 Å². The molecule has 0 saturated carbocycles. The van der Waals surface area contributed by atoms with Crippen molar-refractivity contribution in [1.82, 2.24) is 14.8 Å². The average molecular weight is 365 g/mol. The number of likely N-dealkylation sites (N-methyl/N-ethyl adjacent to an activating group) is 1. The fourth-order valence-corrected chi connectivity index (χ4v) is 2.81. The molecule has 0 aliphatic heterocycles. The highest BCUT2D eigenvalue weighted by molar-refractivity contribution is 6.30. The van der Waals surface area contributed by atoms with Crippen molar-refractivity contribution in [1.29, 1.82) is 0 Å². The first kappa shape index (κ1) is 19.0. The van der Waals surface area contributed by atoms with Gasteiger partial charge in [-0.05, 0) is 42.8 Å². The van der Waals surface area contributed by atoms with Crippen LogP contribution in [-0.2, 0) is 7.05 Å². The fourth-order valence-electron chi connectivity index (χ4n) is 2.68. The predicted octanol–water partition coefficient (Wildman–Crippen LogP) is 2.66. The van der Waals surface area contributed by atoms with Crippen LogP contribution in [0.25, 0.3) is 0 Å². The van der Waals surface area contributed by atoms with Crippen LogP contribution in [0.2, 0.25) is 5.02 Å². The Labute approximate surface area is 151 Å². The summed E-state index contributed by atoms with van der Waals surface area (Å²) >= 11 is 5.94. The highest BCUT2D eigenvalue weighted by atomic mass is 35.5. The van der Waals surface area contributed by atoms with Crippen LogP contribution in [-0.4, -0.2) is 47.5 Å². The standard InChI is InChI=1S/C17H21ClN4O3/c1-20(2)11-13(12-4-6-14(18)7-5-12)10-19-17(23)15-8-9-16(21(15)3)22(24)25/h4-9,13H,10-11H2,1-3H3,(H,19,23)/t13-/m1/s1. The van der Waals surface area contributed by atoms with Gasteiger partial charge in [0.2, 0.25) is 0 Å². The van der Waals surface area contributed by atoms with Gasteiger partial charge in [-0.1, -0.05) is 23.7 Å². The summed E-state index contributed by atoms with van der Waals surface area (Å²) in [6.07, 6.45) is 0. The van der Waals surface area contributed by atoms with E-state index in [1.807, 2.05) is 43.3 Å². The lowest BCUT2D eigenvalue weighted by molar-refractivity contribution is -0.391. The molecule has 0 unspecified atom stereocenters. The topological polar surface area (TPSA) is 80.4 Å². The third kappa shape index (κ3) is 4.80. The maximum absolute atomic E-state index is 12.4. The second kappa shape index (κ2) is 8.13. The number of halogens is 1. The summed E-state index contributed by atoms with van der Waals surface area (Å²) in [5.41, 5.74) is 1.32. The van der Waals surface area contributed by atoms with E-state index in [4.69, 9.17) is 11.6 Å². The molecule has 1 N–H and O–H groups in total. The van der Waals surface area contributed by atoms with Crippen LogP contribution in [0.4, 0.5) is 5.82 Å². The summed E-state index contributed by atoms with van der Waals surface area (Å²) in [6.45, 7) is 1.16. The molecular formula is C17H21ClN4O3. The number of nitrogens with one attached hydrogen (secondary N) is 1. The molecule has 0 bridgehead atoms. The molecule has 8 heteroatoms. The second-order valence-corrected chi connectivity index (χ2v) is 6.55. The molecule has 2 aromatic rings. The lowest BCUT2D eigenvalue weighted by Crippen LogP contribution is -2.33. The Hall–Kier alpha value is -2.38. The van der Waals surface area contributed by atoms with Crippen molar-refractivity contribution >= 4 is 23.3 Å². The zero-order valence-electron chi connectivity index (χ0n) is 14.4. The first-order valence-corrected chi connectivity index (χ1v) is 8.16. The summed E-state index contributed by atoms with van der Waals surface area (Å²) in [4.78, 5) is 24.8. The maximum atomic E-state index is 12.4. The third-order valence-electron chi connectivity index (χ3n) is 3.95. The highest BCUT2D eigenvalue weighted by Crippen LogP contribution is 2.20. The minimum atomic E-state index is -0.515. The molecule has 1 aromatic heterocycles. The molecule has 2 rings (SSSR count). The molecule has 0 aliphatic carbocycles. The van der Waals surface area contributed by atoms with Crippen LogP contribution in [0.15, 0.2) is 36.4 Å². The van der Waals surface area contributed by atoms with E-state index in [2.05, 4.69) is 5.32 Å². The van der Waals surface area contributed by atoms with Gasteiger partial charge in [-0.3, -0.25) is 4.79 Å². The quantitative estimate of drug-likeness (QED) is 0.605. The maximum Gasteiger partial charge on any atom is 0.323 e. The molecule has 1 aromatic carbocycles. The van der Waals surface area contributed by atoms with Gasteiger partial charge in [0.1, 0.15) is 0 Å². The summed E-state index contributed by atoms with van der Waals surface area (Å²) in [6, 6.07) is 10.3. The summed E-state index contributed by atoms with van der Waals surface area (Å²) in [5.74, 6) is -0.382. The van der Waals surface area contributed by atoms with Crippen LogP contribution in [0.1, 0.15) is 22.0 Å². The number of rotatable bonds is 7. The molecule has 0 saturated heterocycles. The van der Waals surface area contributed by atoms with E-state index in [0.717, 1.165) is 12.1 Å². The van der Waals surface area contributed by atoms with Crippen molar-refractivity contribution in [2.75, 3.05) is 27.2 Å². The number of nitrogens with zero attached hydrogens (tertiary/aromatic N) is 3. The first-order valence-electron chi connectivity index (χ1n) is 7.78. The van der Waals surface area contributed by atoms with Crippen LogP contribution >= 0.6 is 11.6 Å². The van der Waals surface area contributed by atoms with E-state index in [1.165, 1.54) is 23.7 Å². The van der Waals surface area contributed by atoms with Crippen LogP contribution < -0.4 is 5.32 Å². The van der Waals surface area contributed by atoms with Gasteiger partial charge in [-0.25, -0.2) is 4.57 Å². The van der Waals surface area contributed by atoms with E-state index in [9.17, 15) is 14.9 Å². The lowest BCUT2D eigenvalue weighted by Gasteiger charge is -2.22. The monoisotopic (exact) mass is 364 g/mol. The molecule has 134 valence electrons. The van der Waals surface area contributed by atoms with Gasteiger partial charge in [0, 0.05) is 30.1 Å². The summed E-state index contributed by atoms with van der Waals surface area (Å²) in [5, 5.41) is 14.4. The number of amides is 1. The number of hydrogen-bond acceptors (Lipinski definition) is 4. The third-order valence-corrected chi connectivity index (χ3v) is 4.20. The van der Waals surface area contributed by atoms with E-state index < -0.39 is 4.92 Å². The molecule has 0 aliphatic rings. The molecule has 0 fully saturated rings. The molecule has 1 heterocycles. The number of carbonyl (C=O) groups is 1. The van der Waals surface area contributed by atoms with Gasteiger partial charge in [0.25, 0.3) is 5.91 Å². The smallest absolute Gasteiger partial charge is 0.323 e. The number of aromatic nitrogens is 1. The predicted molar refractivity (Wildman–Crippen MR) is 97.1 cm³/mol. The van der Waals surface area contributed by atoms with Gasteiger partial charge < -0.3 is 20.3 Å².